The van der Waals surface area contributed by atoms with Crippen LogP contribution in [0, 0.1) is 5.92 Å². The van der Waals surface area contributed by atoms with Crippen LogP contribution in [-0.4, -0.2) is 46.6 Å². The van der Waals surface area contributed by atoms with Gasteiger partial charge in [0.25, 0.3) is 0 Å². The van der Waals surface area contributed by atoms with Gasteiger partial charge in [-0.25, -0.2) is 0 Å². The summed E-state index contributed by atoms with van der Waals surface area (Å²) in [5.74, 6) is -1.97. The fraction of sp³-hybridized carbons (Fsp3) is 0.471. The van der Waals surface area contributed by atoms with E-state index >= 15 is 0 Å². The van der Waals surface area contributed by atoms with Gasteiger partial charge < -0.3 is 26.6 Å². The number of carbonyl (C=O) groups excluding carboxylic acids is 2. The van der Waals surface area contributed by atoms with Gasteiger partial charge in [0, 0.05) is 0 Å². The maximum Gasteiger partial charge on any atom is 0.322 e. The maximum absolute atomic E-state index is 12.3. The Hall–Kier alpha value is -2.61. The Morgan fingerprint density at radius 3 is 2.24 bits per heavy atom. The molecule has 0 heterocycles. The highest BCUT2D eigenvalue weighted by Crippen LogP contribution is 2.11. The summed E-state index contributed by atoms with van der Waals surface area (Å²) in [6, 6.07) is 4.60. The largest absolute Gasteiger partial charge is 0.508 e. The minimum Gasteiger partial charge on any atom is -0.508 e. The first-order valence-electron chi connectivity index (χ1n) is 8.02. The number of rotatable bonds is 9. The van der Waals surface area contributed by atoms with Crippen LogP contribution in [-0.2, 0) is 20.8 Å². The molecular formula is C17H25N3O5. The number of carbonyl (C=O) groups is 3. The number of nitrogens with one attached hydrogen (secondary N) is 2. The number of phenols is 1. The zero-order valence-electron chi connectivity index (χ0n) is 14.4. The fourth-order valence-electron chi connectivity index (χ4n) is 2.25. The number of aromatic hydroxyl groups is 1. The SMILES string of the molecule is CC(C)CC(NC(=O)C(N)Cc1ccc(O)cc1)C(=O)NCC(=O)O. The maximum atomic E-state index is 12.3. The first-order valence-corrected chi connectivity index (χ1v) is 8.02. The summed E-state index contributed by atoms with van der Waals surface area (Å²) < 4.78 is 0. The molecule has 0 aliphatic heterocycles. The molecule has 8 nitrogen and oxygen atoms in total. The van der Waals surface area contributed by atoms with Crippen molar-refractivity contribution in [2.24, 2.45) is 11.7 Å². The molecule has 0 saturated heterocycles. The van der Waals surface area contributed by atoms with E-state index in [2.05, 4.69) is 10.6 Å². The molecule has 0 saturated carbocycles. The highest BCUT2D eigenvalue weighted by atomic mass is 16.4. The second-order valence-corrected chi connectivity index (χ2v) is 6.28. The van der Waals surface area contributed by atoms with Crippen molar-refractivity contribution in [1.29, 1.82) is 0 Å². The predicted octanol–water partition coefficient (Wildman–Crippen LogP) is -0.00630. The van der Waals surface area contributed by atoms with Crippen molar-refractivity contribution in [2.75, 3.05) is 6.54 Å². The zero-order valence-corrected chi connectivity index (χ0v) is 14.4. The van der Waals surface area contributed by atoms with Crippen LogP contribution >= 0.6 is 0 Å². The van der Waals surface area contributed by atoms with Crippen LogP contribution in [0.3, 0.4) is 0 Å². The topological polar surface area (TPSA) is 142 Å². The van der Waals surface area contributed by atoms with Crippen LogP contribution in [0.15, 0.2) is 24.3 Å². The lowest BCUT2D eigenvalue weighted by molar-refractivity contribution is -0.138. The van der Waals surface area contributed by atoms with Crippen molar-refractivity contribution in [3.63, 3.8) is 0 Å². The highest BCUT2D eigenvalue weighted by molar-refractivity contribution is 5.91. The summed E-state index contributed by atoms with van der Waals surface area (Å²) >= 11 is 0. The molecule has 2 atom stereocenters. The summed E-state index contributed by atoms with van der Waals surface area (Å²) in [5.41, 5.74) is 6.66. The van der Waals surface area contributed by atoms with E-state index in [1.54, 1.807) is 12.1 Å². The van der Waals surface area contributed by atoms with Crippen LogP contribution in [0.5, 0.6) is 5.75 Å². The summed E-state index contributed by atoms with van der Waals surface area (Å²) in [6.07, 6.45) is 0.611. The molecule has 0 spiro atoms. The van der Waals surface area contributed by atoms with Crippen molar-refractivity contribution in [1.82, 2.24) is 10.6 Å². The second-order valence-electron chi connectivity index (χ2n) is 6.28. The number of hydrogen-bond acceptors (Lipinski definition) is 5. The number of phenolic OH excluding ortho intramolecular Hbond substituents is 1. The summed E-state index contributed by atoms with van der Waals surface area (Å²) in [7, 11) is 0. The standard InChI is InChI=1S/C17H25N3O5/c1-10(2)7-14(17(25)19-9-15(22)23)20-16(24)13(18)8-11-3-5-12(21)6-4-11/h3-6,10,13-14,21H,7-9,18H2,1-2H3,(H,19,25)(H,20,24)(H,22,23). The van der Waals surface area contributed by atoms with Gasteiger partial charge >= 0.3 is 5.97 Å². The molecule has 0 fully saturated rings. The number of hydrogen-bond donors (Lipinski definition) is 5. The monoisotopic (exact) mass is 351 g/mol. The molecule has 0 aliphatic rings. The smallest absolute Gasteiger partial charge is 0.322 e. The van der Waals surface area contributed by atoms with E-state index < -0.39 is 36.4 Å². The van der Waals surface area contributed by atoms with Gasteiger partial charge in [0.15, 0.2) is 0 Å². The van der Waals surface area contributed by atoms with Gasteiger partial charge in [-0.3, -0.25) is 14.4 Å². The highest BCUT2D eigenvalue weighted by Gasteiger charge is 2.25. The molecule has 0 bridgehead atoms. The average molecular weight is 351 g/mol. The minimum atomic E-state index is -1.16. The Bertz CT molecular complexity index is 601. The van der Waals surface area contributed by atoms with E-state index in [9.17, 15) is 19.5 Å². The molecule has 1 aromatic carbocycles. The van der Waals surface area contributed by atoms with Gasteiger partial charge in [0.05, 0.1) is 6.04 Å². The summed E-state index contributed by atoms with van der Waals surface area (Å²) in [5, 5.41) is 22.7. The van der Waals surface area contributed by atoms with Gasteiger partial charge in [0.1, 0.15) is 18.3 Å². The first-order chi connectivity index (χ1) is 11.7. The molecule has 1 rings (SSSR count). The molecule has 0 radical (unpaired) electrons. The van der Waals surface area contributed by atoms with Gasteiger partial charge in [-0.1, -0.05) is 26.0 Å². The van der Waals surface area contributed by atoms with E-state index in [1.807, 2.05) is 13.8 Å². The molecule has 8 heteroatoms. The van der Waals surface area contributed by atoms with Crippen LogP contribution in [0.2, 0.25) is 0 Å². The first kappa shape index (κ1) is 20.4. The van der Waals surface area contributed by atoms with Crippen LogP contribution in [0.25, 0.3) is 0 Å². The van der Waals surface area contributed by atoms with E-state index in [-0.39, 0.29) is 18.1 Å². The molecule has 2 unspecified atom stereocenters. The number of amides is 2. The van der Waals surface area contributed by atoms with Gasteiger partial charge in [-0.15, -0.1) is 0 Å². The number of aliphatic carboxylic acids is 1. The fourth-order valence-corrected chi connectivity index (χ4v) is 2.25. The average Bonchev–Trinajstić information content (AvgIpc) is 2.53. The molecule has 138 valence electrons. The Balaban J connectivity index is 2.67. The van der Waals surface area contributed by atoms with E-state index in [0.29, 0.717) is 6.42 Å². The third kappa shape index (κ3) is 7.67. The number of carboxylic acid groups (broad SMARTS) is 1. The van der Waals surface area contributed by atoms with E-state index in [4.69, 9.17) is 10.8 Å². The lowest BCUT2D eigenvalue weighted by atomic mass is 10.0. The van der Waals surface area contributed by atoms with Crippen LogP contribution in [0.4, 0.5) is 0 Å². The van der Waals surface area contributed by atoms with Crippen molar-refractivity contribution < 1.29 is 24.6 Å². The third-order valence-electron chi connectivity index (χ3n) is 3.48. The third-order valence-corrected chi connectivity index (χ3v) is 3.48. The Morgan fingerprint density at radius 1 is 1.12 bits per heavy atom. The van der Waals surface area contributed by atoms with Gasteiger partial charge in [-0.2, -0.15) is 0 Å². The molecule has 0 aromatic heterocycles. The number of carboxylic acids is 1. The van der Waals surface area contributed by atoms with E-state index in [0.717, 1.165) is 5.56 Å². The van der Waals surface area contributed by atoms with Crippen LogP contribution in [0.1, 0.15) is 25.8 Å². The lowest BCUT2D eigenvalue weighted by Crippen LogP contribution is -2.53. The summed E-state index contributed by atoms with van der Waals surface area (Å²) in [6.45, 7) is 3.27. The number of nitrogens with two attached hydrogens (primary N) is 1. The molecule has 25 heavy (non-hydrogen) atoms. The van der Waals surface area contributed by atoms with Crippen molar-refractivity contribution in [2.45, 2.75) is 38.8 Å². The Morgan fingerprint density at radius 2 is 1.72 bits per heavy atom. The minimum absolute atomic E-state index is 0.119. The molecule has 1 aromatic rings. The predicted molar refractivity (Wildman–Crippen MR) is 91.8 cm³/mol. The Labute approximate surface area is 146 Å². The molecule has 6 N–H and O–H groups in total. The number of benzene rings is 1. The van der Waals surface area contributed by atoms with E-state index in [1.165, 1.54) is 12.1 Å². The molecule has 0 aliphatic carbocycles. The van der Waals surface area contributed by atoms with Gasteiger partial charge in [-0.05, 0) is 36.5 Å². The molecule has 2 amide bonds. The van der Waals surface area contributed by atoms with Crippen LogP contribution < -0.4 is 16.4 Å². The van der Waals surface area contributed by atoms with Crippen molar-refractivity contribution in [3.05, 3.63) is 29.8 Å². The zero-order chi connectivity index (χ0) is 19.0. The summed E-state index contributed by atoms with van der Waals surface area (Å²) in [4.78, 5) is 34.9. The lowest BCUT2D eigenvalue weighted by Gasteiger charge is -2.22. The van der Waals surface area contributed by atoms with Gasteiger partial charge in [0.2, 0.25) is 11.8 Å². The normalized spacial score (nSPS) is 13.1. The second kappa shape index (κ2) is 9.63. The van der Waals surface area contributed by atoms with Crippen molar-refractivity contribution >= 4 is 17.8 Å². The molecular weight excluding hydrogens is 326 g/mol. The Kier molecular flexibility index (Phi) is 7.87. The quantitative estimate of drug-likeness (QED) is 0.424. The van der Waals surface area contributed by atoms with Crippen molar-refractivity contribution in [3.8, 4) is 5.75 Å².